The van der Waals surface area contributed by atoms with Crippen LogP contribution in [0.3, 0.4) is 0 Å². The molecular formula is C17H15NO2. The van der Waals surface area contributed by atoms with Crippen LogP contribution in [-0.4, -0.2) is 25.5 Å². The van der Waals surface area contributed by atoms with Gasteiger partial charge in [-0.05, 0) is 24.1 Å². The van der Waals surface area contributed by atoms with E-state index in [1.807, 2.05) is 18.2 Å². The van der Waals surface area contributed by atoms with Gasteiger partial charge in [0.05, 0.1) is 5.71 Å². The fraction of sp³-hybridized carbons (Fsp3) is 0.235. The summed E-state index contributed by atoms with van der Waals surface area (Å²) in [4.78, 5) is 4.71. The van der Waals surface area contributed by atoms with Gasteiger partial charge in [0.2, 0.25) is 0 Å². The fourth-order valence-electron chi connectivity index (χ4n) is 2.77. The second-order valence-corrected chi connectivity index (χ2v) is 5.00. The van der Waals surface area contributed by atoms with E-state index in [0.29, 0.717) is 13.2 Å². The SMILES string of the molecule is c1ccc(C2=NCCc3cc4c(cc32)OCCO4)cc1. The van der Waals surface area contributed by atoms with Crippen LogP contribution in [0, 0.1) is 0 Å². The van der Waals surface area contributed by atoms with Crippen LogP contribution in [0.4, 0.5) is 0 Å². The molecule has 0 unspecified atom stereocenters. The highest BCUT2D eigenvalue weighted by atomic mass is 16.6. The minimum absolute atomic E-state index is 0.615. The van der Waals surface area contributed by atoms with Gasteiger partial charge in [0.1, 0.15) is 13.2 Å². The Bertz CT molecular complexity index is 677. The van der Waals surface area contributed by atoms with E-state index in [1.165, 1.54) is 11.1 Å². The lowest BCUT2D eigenvalue weighted by atomic mass is 9.92. The lowest BCUT2D eigenvalue weighted by molar-refractivity contribution is 0.171. The number of nitrogens with zero attached hydrogens (tertiary/aromatic N) is 1. The van der Waals surface area contributed by atoms with Crippen LogP contribution in [-0.2, 0) is 6.42 Å². The van der Waals surface area contributed by atoms with E-state index in [0.717, 1.165) is 35.7 Å². The number of hydrogen-bond donors (Lipinski definition) is 0. The summed E-state index contributed by atoms with van der Waals surface area (Å²) < 4.78 is 11.4. The van der Waals surface area contributed by atoms with E-state index in [4.69, 9.17) is 14.5 Å². The molecule has 2 heterocycles. The average molecular weight is 265 g/mol. The van der Waals surface area contributed by atoms with Crippen molar-refractivity contribution in [3.05, 3.63) is 59.2 Å². The van der Waals surface area contributed by atoms with Crippen molar-refractivity contribution in [1.82, 2.24) is 0 Å². The molecule has 2 aliphatic rings. The van der Waals surface area contributed by atoms with E-state index in [-0.39, 0.29) is 0 Å². The molecule has 0 radical (unpaired) electrons. The number of ether oxygens (including phenoxy) is 2. The summed E-state index contributed by atoms with van der Waals surface area (Å²) in [6, 6.07) is 14.5. The van der Waals surface area contributed by atoms with Gasteiger partial charge in [0.15, 0.2) is 11.5 Å². The molecule has 0 saturated carbocycles. The molecule has 0 aromatic heterocycles. The minimum Gasteiger partial charge on any atom is -0.486 e. The summed E-state index contributed by atoms with van der Waals surface area (Å²) in [5, 5.41) is 0. The summed E-state index contributed by atoms with van der Waals surface area (Å²) in [5.41, 5.74) is 4.68. The molecule has 2 aliphatic heterocycles. The number of rotatable bonds is 1. The first kappa shape index (κ1) is 11.5. The van der Waals surface area contributed by atoms with E-state index in [9.17, 15) is 0 Å². The molecular weight excluding hydrogens is 250 g/mol. The Morgan fingerprint density at radius 1 is 0.900 bits per heavy atom. The summed E-state index contributed by atoms with van der Waals surface area (Å²) in [5.74, 6) is 1.70. The second-order valence-electron chi connectivity index (χ2n) is 5.00. The van der Waals surface area contributed by atoms with E-state index < -0.39 is 0 Å². The maximum Gasteiger partial charge on any atom is 0.162 e. The lowest BCUT2D eigenvalue weighted by Gasteiger charge is -2.23. The highest BCUT2D eigenvalue weighted by Gasteiger charge is 2.21. The van der Waals surface area contributed by atoms with Crippen molar-refractivity contribution in [3.63, 3.8) is 0 Å². The van der Waals surface area contributed by atoms with Crippen molar-refractivity contribution in [2.24, 2.45) is 4.99 Å². The summed E-state index contributed by atoms with van der Waals surface area (Å²) >= 11 is 0. The fourth-order valence-corrected chi connectivity index (χ4v) is 2.77. The highest BCUT2D eigenvalue weighted by molar-refractivity contribution is 6.14. The summed E-state index contributed by atoms with van der Waals surface area (Å²) in [6.07, 6.45) is 0.961. The Kier molecular flexibility index (Phi) is 2.69. The molecule has 100 valence electrons. The molecule has 0 fully saturated rings. The first-order chi connectivity index (χ1) is 9.92. The topological polar surface area (TPSA) is 30.8 Å². The number of hydrogen-bond acceptors (Lipinski definition) is 3. The normalized spacial score (nSPS) is 16.3. The van der Waals surface area contributed by atoms with Crippen molar-refractivity contribution in [2.45, 2.75) is 6.42 Å². The maximum atomic E-state index is 5.69. The quantitative estimate of drug-likeness (QED) is 0.794. The van der Waals surface area contributed by atoms with Crippen molar-refractivity contribution < 1.29 is 9.47 Å². The van der Waals surface area contributed by atoms with Gasteiger partial charge in [-0.15, -0.1) is 0 Å². The molecule has 3 heteroatoms. The van der Waals surface area contributed by atoms with E-state index in [1.54, 1.807) is 0 Å². The molecule has 0 atom stereocenters. The van der Waals surface area contributed by atoms with Crippen molar-refractivity contribution >= 4 is 5.71 Å². The zero-order valence-corrected chi connectivity index (χ0v) is 11.1. The Balaban J connectivity index is 1.84. The highest BCUT2D eigenvalue weighted by Crippen LogP contribution is 2.35. The molecule has 2 aromatic carbocycles. The van der Waals surface area contributed by atoms with E-state index >= 15 is 0 Å². The second kappa shape index (κ2) is 4.67. The molecule has 3 nitrogen and oxygen atoms in total. The molecule has 20 heavy (non-hydrogen) atoms. The maximum absolute atomic E-state index is 5.69. The Morgan fingerprint density at radius 2 is 1.65 bits per heavy atom. The molecule has 0 amide bonds. The average Bonchev–Trinajstić information content (AvgIpc) is 2.53. The molecule has 0 spiro atoms. The van der Waals surface area contributed by atoms with Gasteiger partial charge in [-0.3, -0.25) is 4.99 Å². The number of benzene rings is 2. The van der Waals surface area contributed by atoms with Gasteiger partial charge < -0.3 is 9.47 Å². The molecule has 0 aliphatic carbocycles. The van der Waals surface area contributed by atoms with Gasteiger partial charge in [0, 0.05) is 17.7 Å². The standard InChI is InChI=1S/C17H15NO2/c1-2-4-12(5-3-1)17-14-11-16-15(19-8-9-20-16)10-13(14)6-7-18-17/h1-5,10-11H,6-9H2. The van der Waals surface area contributed by atoms with Crippen LogP contribution in [0.25, 0.3) is 0 Å². The number of fused-ring (bicyclic) bond motifs is 2. The smallest absolute Gasteiger partial charge is 0.162 e. The molecule has 4 rings (SSSR count). The zero-order chi connectivity index (χ0) is 13.4. The van der Waals surface area contributed by atoms with Crippen LogP contribution in [0.1, 0.15) is 16.7 Å². The third-order valence-electron chi connectivity index (χ3n) is 3.72. The Hall–Kier alpha value is -2.29. The minimum atomic E-state index is 0.615. The predicted octanol–water partition coefficient (Wildman–Crippen LogP) is 2.85. The lowest BCUT2D eigenvalue weighted by Crippen LogP contribution is -2.19. The van der Waals surface area contributed by atoms with Gasteiger partial charge >= 0.3 is 0 Å². The van der Waals surface area contributed by atoms with E-state index in [2.05, 4.69) is 24.3 Å². The van der Waals surface area contributed by atoms with Crippen molar-refractivity contribution in [3.8, 4) is 11.5 Å². The summed E-state index contributed by atoms with van der Waals surface area (Å²) in [7, 11) is 0. The molecule has 2 aromatic rings. The largest absolute Gasteiger partial charge is 0.486 e. The van der Waals surface area contributed by atoms with Gasteiger partial charge in [-0.2, -0.15) is 0 Å². The molecule has 0 bridgehead atoms. The predicted molar refractivity (Wildman–Crippen MR) is 78.1 cm³/mol. The van der Waals surface area contributed by atoms with Crippen molar-refractivity contribution in [1.29, 1.82) is 0 Å². The molecule has 0 N–H and O–H groups in total. The van der Waals surface area contributed by atoms with Crippen LogP contribution in [0.5, 0.6) is 11.5 Å². The monoisotopic (exact) mass is 265 g/mol. The summed E-state index contributed by atoms with van der Waals surface area (Å²) in [6.45, 7) is 2.08. The third kappa shape index (κ3) is 1.86. The Labute approximate surface area is 117 Å². The van der Waals surface area contributed by atoms with Gasteiger partial charge in [-0.1, -0.05) is 30.3 Å². The van der Waals surface area contributed by atoms with Crippen LogP contribution in [0.15, 0.2) is 47.5 Å². The van der Waals surface area contributed by atoms with Gasteiger partial charge in [-0.25, -0.2) is 0 Å². The van der Waals surface area contributed by atoms with Crippen molar-refractivity contribution in [2.75, 3.05) is 19.8 Å². The van der Waals surface area contributed by atoms with Crippen LogP contribution < -0.4 is 9.47 Å². The first-order valence-corrected chi connectivity index (χ1v) is 6.94. The van der Waals surface area contributed by atoms with Crippen LogP contribution in [0.2, 0.25) is 0 Å². The zero-order valence-electron chi connectivity index (χ0n) is 11.1. The third-order valence-corrected chi connectivity index (χ3v) is 3.72. The first-order valence-electron chi connectivity index (χ1n) is 6.94. The van der Waals surface area contributed by atoms with Gasteiger partial charge in [0.25, 0.3) is 0 Å². The number of aliphatic imine (C=N–C) groups is 1. The van der Waals surface area contributed by atoms with Crippen LogP contribution >= 0.6 is 0 Å². The molecule has 0 saturated heterocycles. The Morgan fingerprint density at radius 3 is 2.45 bits per heavy atom.